The molecule has 0 radical (unpaired) electrons. The summed E-state index contributed by atoms with van der Waals surface area (Å²) in [5.74, 6) is -2.13. The molecule has 0 aliphatic rings. The summed E-state index contributed by atoms with van der Waals surface area (Å²) in [6.07, 6.45) is 0. The summed E-state index contributed by atoms with van der Waals surface area (Å²) in [4.78, 5) is 24.3. The third-order valence-electron chi connectivity index (χ3n) is 6.58. The van der Waals surface area contributed by atoms with Crippen LogP contribution in [0.3, 0.4) is 0 Å². The number of aryl methyl sites for hydroxylation is 1. The summed E-state index contributed by atoms with van der Waals surface area (Å²) < 4.78 is 0. The van der Waals surface area contributed by atoms with Gasteiger partial charge in [-0.2, -0.15) is 0 Å². The lowest BCUT2D eigenvalue weighted by molar-refractivity contribution is 0.0681. The number of carbonyl (C=O) groups is 2. The van der Waals surface area contributed by atoms with Gasteiger partial charge in [-0.1, -0.05) is 78.9 Å². The Bertz CT molecular complexity index is 1720. The van der Waals surface area contributed by atoms with Gasteiger partial charge < -0.3 is 15.2 Å². The maximum absolute atomic E-state index is 10.3. The number of aromatic amines is 1. The zero-order chi connectivity index (χ0) is 26.6. The van der Waals surface area contributed by atoms with E-state index < -0.39 is 11.9 Å². The number of nitrogens with one attached hydrogen (secondary N) is 1. The molecular formula is C33H25NO4. The monoisotopic (exact) mass is 499 g/mol. The molecular weight excluding hydrogens is 474 g/mol. The molecule has 6 rings (SSSR count). The summed E-state index contributed by atoms with van der Waals surface area (Å²) in [6.45, 7) is 2.23. The van der Waals surface area contributed by atoms with Gasteiger partial charge in [-0.3, -0.25) is 0 Å². The summed E-state index contributed by atoms with van der Waals surface area (Å²) in [5, 5.41) is 19.5. The fourth-order valence-corrected chi connectivity index (χ4v) is 4.73. The smallest absolute Gasteiger partial charge is 0.335 e. The molecule has 0 bridgehead atoms. The van der Waals surface area contributed by atoms with E-state index in [-0.39, 0.29) is 11.1 Å². The van der Waals surface area contributed by atoms with E-state index in [1.807, 2.05) is 0 Å². The summed E-state index contributed by atoms with van der Waals surface area (Å²) in [5.41, 5.74) is 8.97. The van der Waals surface area contributed by atoms with Crippen LogP contribution in [-0.2, 0) is 0 Å². The Hall–Kier alpha value is -5.16. The highest BCUT2D eigenvalue weighted by Gasteiger charge is 2.16. The van der Waals surface area contributed by atoms with Crippen LogP contribution < -0.4 is 0 Å². The van der Waals surface area contributed by atoms with Gasteiger partial charge in [0.2, 0.25) is 0 Å². The first-order chi connectivity index (χ1) is 18.4. The fraction of sp³-hybridized carbons (Fsp3) is 0.0303. The van der Waals surface area contributed by atoms with Crippen LogP contribution in [0.4, 0.5) is 0 Å². The summed E-state index contributed by atoms with van der Waals surface area (Å²) in [6, 6.07) is 37.3. The van der Waals surface area contributed by atoms with E-state index in [0.717, 1.165) is 0 Å². The van der Waals surface area contributed by atoms with Crippen LogP contribution in [-0.4, -0.2) is 27.1 Å². The molecule has 38 heavy (non-hydrogen) atoms. The van der Waals surface area contributed by atoms with Crippen LogP contribution in [0, 0.1) is 6.92 Å². The maximum atomic E-state index is 10.3. The summed E-state index contributed by atoms with van der Waals surface area (Å²) >= 11 is 0. The molecule has 5 aromatic carbocycles. The third kappa shape index (κ3) is 4.77. The predicted molar refractivity (Wildman–Crippen MR) is 152 cm³/mol. The van der Waals surface area contributed by atoms with E-state index in [4.69, 9.17) is 10.2 Å². The van der Waals surface area contributed by atoms with Crippen LogP contribution in [0.1, 0.15) is 26.3 Å². The van der Waals surface area contributed by atoms with Crippen LogP contribution in [0.2, 0.25) is 0 Å². The highest BCUT2D eigenvalue weighted by Crippen LogP contribution is 2.41. The number of carboxylic acids is 2. The number of para-hydroxylation sites is 1. The number of aromatic carboxylic acids is 2. The average Bonchev–Trinajstić information content (AvgIpc) is 3.33. The van der Waals surface area contributed by atoms with Gasteiger partial charge in [0.15, 0.2) is 0 Å². The van der Waals surface area contributed by atoms with Crippen molar-refractivity contribution < 1.29 is 19.8 Å². The molecule has 0 atom stereocenters. The van der Waals surface area contributed by atoms with Crippen LogP contribution in [0.25, 0.3) is 44.1 Å². The van der Waals surface area contributed by atoms with Crippen molar-refractivity contribution in [2.45, 2.75) is 6.92 Å². The van der Waals surface area contributed by atoms with E-state index in [2.05, 4.69) is 103 Å². The van der Waals surface area contributed by atoms with Crippen molar-refractivity contribution >= 4 is 33.7 Å². The van der Waals surface area contributed by atoms with Gasteiger partial charge in [0, 0.05) is 16.3 Å². The zero-order valence-electron chi connectivity index (χ0n) is 20.7. The molecule has 5 nitrogen and oxygen atoms in total. The number of hydrogen-bond donors (Lipinski definition) is 3. The van der Waals surface area contributed by atoms with Gasteiger partial charge in [0.25, 0.3) is 0 Å². The molecule has 1 heterocycles. The first-order valence-electron chi connectivity index (χ1n) is 12.2. The number of hydrogen-bond acceptors (Lipinski definition) is 2. The van der Waals surface area contributed by atoms with E-state index in [9.17, 15) is 9.59 Å². The minimum absolute atomic E-state index is 0.0833. The minimum atomic E-state index is -1.06. The molecule has 0 saturated carbocycles. The second kappa shape index (κ2) is 10.4. The topological polar surface area (TPSA) is 90.4 Å². The first kappa shape index (κ1) is 24.5. The molecule has 0 fully saturated rings. The molecule has 1 aromatic heterocycles. The number of fused-ring (bicyclic) bond motifs is 3. The van der Waals surface area contributed by atoms with Crippen molar-refractivity contribution in [2.24, 2.45) is 0 Å². The molecule has 0 spiro atoms. The van der Waals surface area contributed by atoms with Gasteiger partial charge in [-0.25, -0.2) is 9.59 Å². The SMILES string of the molecule is Cc1c(-c2ccccc2)c(-c2ccccc2)cc2c1[nH]c1ccccc12.O=C(O)c1ccc(C(=O)O)cc1. The van der Waals surface area contributed by atoms with Crippen LogP contribution in [0.5, 0.6) is 0 Å². The Morgan fingerprint density at radius 1 is 0.605 bits per heavy atom. The Balaban J connectivity index is 0.000000207. The Morgan fingerprint density at radius 3 is 1.66 bits per heavy atom. The molecule has 0 saturated heterocycles. The number of aromatic nitrogens is 1. The van der Waals surface area contributed by atoms with Crippen molar-refractivity contribution in [3.05, 3.63) is 132 Å². The number of H-pyrrole nitrogens is 1. The lowest BCUT2D eigenvalue weighted by Gasteiger charge is -2.15. The Kier molecular flexibility index (Phi) is 6.74. The van der Waals surface area contributed by atoms with Crippen molar-refractivity contribution in [1.29, 1.82) is 0 Å². The highest BCUT2D eigenvalue weighted by molar-refractivity contribution is 6.12. The van der Waals surface area contributed by atoms with Crippen molar-refractivity contribution in [2.75, 3.05) is 0 Å². The third-order valence-corrected chi connectivity index (χ3v) is 6.58. The first-order valence-corrected chi connectivity index (χ1v) is 12.2. The Morgan fingerprint density at radius 2 is 1.11 bits per heavy atom. The maximum Gasteiger partial charge on any atom is 0.335 e. The Labute approximate surface area is 219 Å². The molecule has 0 aliphatic heterocycles. The van der Waals surface area contributed by atoms with E-state index >= 15 is 0 Å². The highest BCUT2D eigenvalue weighted by atomic mass is 16.4. The van der Waals surface area contributed by atoms with E-state index in [1.165, 1.54) is 73.9 Å². The molecule has 0 unspecified atom stereocenters. The largest absolute Gasteiger partial charge is 0.478 e. The summed E-state index contributed by atoms with van der Waals surface area (Å²) in [7, 11) is 0. The van der Waals surface area contributed by atoms with E-state index in [0.29, 0.717) is 0 Å². The fourth-order valence-electron chi connectivity index (χ4n) is 4.73. The second-order valence-corrected chi connectivity index (χ2v) is 8.94. The van der Waals surface area contributed by atoms with Gasteiger partial charge in [0.1, 0.15) is 0 Å². The van der Waals surface area contributed by atoms with Crippen LogP contribution >= 0.6 is 0 Å². The molecule has 6 aromatic rings. The van der Waals surface area contributed by atoms with Gasteiger partial charge in [-0.05, 0) is 71.1 Å². The number of benzene rings is 5. The van der Waals surface area contributed by atoms with Crippen molar-refractivity contribution in [1.82, 2.24) is 4.98 Å². The average molecular weight is 500 g/mol. The van der Waals surface area contributed by atoms with Crippen LogP contribution in [0.15, 0.2) is 115 Å². The standard InChI is InChI=1S/C25H19N.C8H6O4/c1-17-24(19-12-6-3-7-13-19)21(18-10-4-2-5-11-18)16-22-20-14-8-9-15-23(20)26-25(17)22;9-7(10)5-1-2-6(4-3-5)8(11)12/h2-16,26H,1H3;1-4H,(H,9,10)(H,11,12). The number of rotatable bonds is 4. The predicted octanol–water partition coefficient (Wildman–Crippen LogP) is 8.05. The molecule has 0 aliphatic carbocycles. The molecule has 3 N–H and O–H groups in total. The van der Waals surface area contributed by atoms with Gasteiger partial charge >= 0.3 is 11.9 Å². The minimum Gasteiger partial charge on any atom is -0.478 e. The molecule has 186 valence electrons. The molecule has 0 amide bonds. The number of carboxylic acid groups (broad SMARTS) is 2. The van der Waals surface area contributed by atoms with E-state index in [1.54, 1.807) is 0 Å². The van der Waals surface area contributed by atoms with Crippen molar-refractivity contribution in [3.63, 3.8) is 0 Å². The van der Waals surface area contributed by atoms with Gasteiger partial charge in [-0.15, -0.1) is 0 Å². The lowest BCUT2D eigenvalue weighted by atomic mass is 9.89. The quantitative estimate of drug-likeness (QED) is 0.229. The van der Waals surface area contributed by atoms with Crippen molar-refractivity contribution in [3.8, 4) is 22.3 Å². The lowest BCUT2D eigenvalue weighted by Crippen LogP contribution is -1.99. The normalized spacial score (nSPS) is 10.7. The second-order valence-electron chi connectivity index (χ2n) is 8.94. The zero-order valence-corrected chi connectivity index (χ0v) is 20.7. The molecule has 5 heteroatoms. The van der Waals surface area contributed by atoms with Gasteiger partial charge in [0.05, 0.1) is 16.6 Å².